The van der Waals surface area contributed by atoms with Crippen molar-refractivity contribution >= 4 is 0 Å². The molecule has 4 heteroatoms. The van der Waals surface area contributed by atoms with E-state index in [0.29, 0.717) is 30.1 Å². The van der Waals surface area contributed by atoms with Crippen LogP contribution in [0.1, 0.15) is 81.8 Å². The van der Waals surface area contributed by atoms with Gasteiger partial charge >= 0.3 is 0 Å². The number of benzene rings is 1. The van der Waals surface area contributed by atoms with Crippen molar-refractivity contribution < 1.29 is 14.2 Å². The minimum absolute atomic E-state index is 0.0562. The number of hydrogen-bond donors (Lipinski definition) is 0. The van der Waals surface area contributed by atoms with Crippen LogP contribution in [0.15, 0.2) is 24.3 Å². The monoisotopic (exact) mass is 383 g/mol. The third-order valence-corrected chi connectivity index (χ3v) is 6.68. The first-order valence-corrected chi connectivity index (χ1v) is 11.2. The van der Waals surface area contributed by atoms with E-state index in [0.717, 1.165) is 50.7 Å². The van der Waals surface area contributed by atoms with Gasteiger partial charge in [-0.15, -0.1) is 0 Å². The van der Waals surface area contributed by atoms with Gasteiger partial charge in [-0.3, -0.25) is 0 Å². The Bertz CT molecular complexity index is 659. The van der Waals surface area contributed by atoms with E-state index in [1.807, 2.05) is 12.1 Å². The third kappa shape index (κ3) is 5.14. The van der Waals surface area contributed by atoms with Gasteiger partial charge in [0.15, 0.2) is 6.29 Å². The summed E-state index contributed by atoms with van der Waals surface area (Å²) >= 11 is 0. The Morgan fingerprint density at radius 1 is 1.07 bits per heavy atom. The van der Waals surface area contributed by atoms with Gasteiger partial charge in [0.1, 0.15) is 0 Å². The topological polar surface area (TPSA) is 54.8 Å². The molecule has 2 saturated carbocycles. The Morgan fingerprint density at radius 2 is 1.86 bits per heavy atom. The van der Waals surface area contributed by atoms with Crippen LogP contribution >= 0.6 is 0 Å². The summed E-state index contributed by atoms with van der Waals surface area (Å²) < 4.78 is 18.2. The van der Waals surface area contributed by atoms with Crippen molar-refractivity contribution in [2.45, 2.75) is 95.2 Å². The second-order valence-corrected chi connectivity index (χ2v) is 8.79. The quantitative estimate of drug-likeness (QED) is 0.451. The largest absolute Gasteiger partial charge is 0.370 e. The molecule has 1 saturated heterocycles. The van der Waals surface area contributed by atoms with Crippen molar-refractivity contribution in [1.29, 1.82) is 5.26 Å². The summed E-state index contributed by atoms with van der Waals surface area (Å²) in [5.74, 6) is 1.23. The third-order valence-electron chi connectivity index (χ3n) is 6.68. The van der Waals surface area contributed by atoms with Gasteiger partial charge < -0.3 is 14.2 Å². The highest BCUT2D eigenvalue weighted by Crippen LogP contribution is 2.40. The number of hydrogen-bond acceptors (Lipinski definition) is 4. The minimum Gasteiger partial charge on any atom is -0.370 e. The fourth-order valence-corrected chi connectivity index (χ4v) is 4.88. The molecule has 3 aliphatic rings. The van der Waals surface area contributed by atoms with Gasteiger partial charge in [0.05, 0.1) is 36.6 Å². The Balaban J connectivity index is 1.21. The maximum Gasteiger partial charge on any atom is 0.157 e. The molecule has 4 unspecified atom stereocenters. The normalized spacial score (nSPS) is 32.9. The number of nitriles is 1. The van der Waals surface area contributed by atoms with E-state index in [2.05, 4.69) is 25.1 Å². The highest BCUT2D eigenvalue weighted by atomic mass is 16.7. The molecule has 0 bridgehead atoms. The molecule has 0 radical (unpaired) electrons. The van der Waals surface area contributed by atoms with E-state index in [9.17, 15) is 0 Å². The van der Waals surface area contributed by atoms with Crippen molar-refractivity contribution in [3.8, 4) is 6.07 Å². The Morgan fingerprint density at radius 3 is 2.54 bits per heavy atom. The molecular formula is C24H33NO3. The van der Waals surface area contributed by atoms with Crippen LogP contribution in [0, 0.1) is 17.2 Å². The summed E-state index contributed by atoms with van der Waals surface area (Å²) in [6.07, 6.45) is 11.5. The van der Waals surface area contributed by atoms with Crippen LogP contribution in [0.4, 0.5) is 0 Å². The van der Waals surface area contributed by atoms with E-state index in [4.69, 9.17) is 19.5 Å². The molecule has 4 nitrogen and oxygen atoms in total. The van der Waals surface area contributed by atoms with Gasteiger partial charge in [-0.25, -0.2) is 0 Å². The van der Waals surface area contributed by atoms with Crippen LogP contribution in [0.3, 0.4) is 0 Å². The molecule has 2 aliphatic carbocycles. The molecule has 152 valence electrons. The summed E-state index contributed by atoms with van der Waals surface area (Å²) in [7, 11) is 0. The highest BCUT2D eigenvalue weighted by Gasteiger charge is 2.43. The number of ether oxygens (including phenoxy) is 3. The number of nitrogens with zero attached hydrogens (tertiary/aromatic N) is 1. The van der Waals surface area contributed by atoms with Crippen LogP contribution in [-0.4, -0.2) is 31.2 Å². The maximum atomic E-state index is 8.96. The first kappa shape index (κ1) is 19.9. The van der Waals surface area contributed by atoms with Gasteiger partial charge in [-0.1, -0.05) is 25.5 Å². The van der Waals surface area contributed by atoms with Crippen LogP contribution in [0.25, 0.3) is 0 Å². The fraction of sp³-hybridized carbons (Fsp3) is 0.708. The molecule has 1 aromatic carbocycles. The van der Waals surface area contributed by atoms with E-state index in [1.165, 1.54) is 24.8 Å². The molecule has 4 rings (SSSR count). The molecule has 1 aliphatic heterocycles. The van der Waals surface area contributed by atoms with E-state index in [1.54, 1.807) is 0 Å². The second-order valence-electron chi connectivity index (χ2n) is 8.79. The average molecular weight is 384 g/mol. The summed E-state index contributed by atoms with van der Waals surface area (Å²) in [6.45, 7) is 3.02. The van der Waals surface area contributed by atoms with E-state index >= 15 is 0 Å². The lowest BCUT2D eigenvalue weighted by atomic mass is 9.82. The van der Waals surface area contributed by atoms with Gasteiger partial charge in [-0.05, 0) is 80.9 Å². The zero-order valence-corrected chi connectivity index (χ0v) is 17.0. The minimum atomic E-state index is -0.0562. The standard InChI is InChI=1S/C24H33NO3/c1-2-3-24(26-16-18-6-13-22-23(14-18)28-22)27-21-11-9-20(10-12-21)19-7-4-17(15-25)5-8-19/h4-5,7-8,18,20-24H,2-3,6,9-14,16H2,1H3. The average Bonchev–Trinajstić information content (AvgIpc) is 3.52. The second kappa shape index (κ2) is 9.39. The smallest absolute Gasteiger partial charge is 0.157 e. The molecule has 1 heterocycles. The first-order chi connectivity index (χ1) is 13.7. The van der Waals surface area contributed by atoms with Crippen LogP contribution in [0.2, 0.25) is 0 Å². The number of fused-ring (bicyclic) bond motifs is 1. The summed E-state index contributed by atoms with van der Waals surface area (Å²) in [5, 5.41) is 8.96. The van der Waals surface area contributed by atoms with Gasteiger partial charge in [0.2, 0.25) is 0 Å². The van der Waals surface area contributed by atoms with Crippen molar-refractivity contribution in [2.75, 3.05) is 6.61 Å². The fourth-order valence-electron chi connectivity index (χ4n) is 4.88. The van der Waals surface area contributed by atoms with Crippen LogP contribution in [-0.2, 0) is 14.2 Å². The molecule has 3 fully saturated rings. The molecule has 0 amide bonds. The zero-order chi connectivity index (χ0) is 19.3. The number of rotatable bonds is 8. The summed E-state index contributed by atoms with van der Waals surface area (Å²) in [5.41, 5.74) is 2.10. The molecule has 4 atom stereocenters. The van der Waals surface area contributed by atoms with Gasteiger partial charge in [0.25, 0.3) is 0 Å². The first-order valence-electron chi connectivity index (χ1n) is 11.2. The predicted octanol–water partition coefficient (Wildman–Crippen LogP) is 5.31. The van der Waals surface area contributed by atoms with E-state index in [-0.39, 0.29) is 6.29 Å². The number of epoxide rings is 1. The Labute approximate surface area is 169 Å². The van der Waals surface area contributed by atoms with E-state index < -0.39 is 0 Å². The van der Waals surface area contributed by atoms with Crippen molar-refractivity contribution in [3.05, 3.63) is 35.4 Å². The predicted molar refractivity (Wildman–Crippen MR) is 108 cm³/mol. The Kier molecular flexibility index (Phi) is 6.67. The lowest BCUT2D eigenvalue weighted by Crippen LogP contribution is -2.30. The van der Waals surface area contributed by atoms with Crippen molar-refractivity contribution in [3.63, 3.8) is 0 Å². The lowest BCUT2D eigenvalue weighted by Gasteiger charge is -2.32. The summed E-state index contributed by atoms with van der Waals surface area (Å²) in [4.78, 5) is 0. The molecule has 28 heavy (non-hydrogen) atoms. The SMILES string of the molecule is CCCC(OCC1CCC2OC2C1)OC1CCC(c2ccc(C#N)cc2)CC1. The van der Waals surface area contributed by atoms with Gasteiger partial charge in [-0.2, -0.15) is 5.26 Å². The lowest BCUT2D eigenvalue weighted by molar-refractivity contribution is -0.186. The molecule has 0 spiro atoms. The van der Waals surface area contributed by atoms with Gasteiger partial charge in [0, 0.05) is 0 Å². The van der Waals surface area contributed by atoms with Crippen LogP contribution in [0.5, 0.6) is 0 Å². The van der Waals surface area contributed by atoms with Crippen LogP contribution < -0.4 is 0 Å². The zero-order valence-electron chi connectivity index (χ0n) is 17.0. The molecule has 0 N–H and O–H groups in total. The van der Waals surface area contributed by atoms with Crippen molar-refractivity contribution in [1.82, 2.24) is 0 Å². The maximum absolute atomic E-state index is 8.96. The molecule has 1 aromatic rings. The molecule has 0 aromatic heterocycles. The Hall–Kier alpha value is -1.41. The highest BCUT2D eigenvalue weighted by molar-refractivity contribution is 5.33. The molecular weight excluding hydrogens is 350 g/mol. The summed E-state index contributed by atoms with van der Waals surface area (Å²) in [6, 6.07) is 10.3. The van der Waals surface area contributed by atoms with Crippen molar-refractivity contribution in [2.24, 2.45) is 5.92 Å².